The molecule has 1 aliphatic carbocycles. The van der Waals surface area contributed by atoms with E-state index in [1.807, 2.05) is 12.2 Å². The van der Waals surface area contributed by atoms with Gasteiger partial charge in [-0.05, 0) is 19.3 Å². The molecule has 0 aromatic heterocycles. The van der Waals surface area contributed by atoms with E-state index in [2.05, 4.69) is 19.9 Å². The first kappa shape index (κ1) is 19.0. The minimum atomic E-state index is -0.745. The standard InChI is InChI=1S/C19H32O3/c1-4-6-7-8-13-19(18(20)21)14-9-11-16(10-5-2)17(19)12-15-22-3/h9,11,14,17H,4-8,10,12-13,15H2,1-3H3,(H,20,21). The number of hydrogen-bond donors (Lipinski definition) is 1. The first-order valence-corrected chi connectivity index (χ1v) is 8.73. The molecule has 3 nitrogen and oxygen atoms in total. The van der Waals surface area contributed by atoms with Crippen LogP contribution in [-0.2, 0) is 9.53 Å². The molecule has 22 heavy (non-hydrogen) atoms. The highest BCUT2D eigenvalue weighted by atomic mass is 16.5. The van der Waals surface area contributed by atoms with Crippen LogP contribution >= 0.6 is 0 Å². The van der Waals surface area contributed by atoms with E-state index in [1.54, 1.807) is 7.11 Å². The first-order chi connectivity index (χ1) is 10.6. The third-order valence-electron chi connectivity index (χ3n) is 4.76. The van der Waals surface area contributed by atoms with Crippen LogP contribution in [0.25, 0.3) is 0 Å². The number of aliphatic carboxylic acids is 1. The second kappa shape index (κ2) is 9.83. The van der Waals surface area contributed by atoms with Gasteiger partial charge in [0.05, 0.1) is 5.41 Å². The summed E-state index contributed by atoms with van der Waals surface area (Å²) in [5.41, 5.74) is 0.533. The summed E-state index contributed by atoms with van der Waals surface area (Å²) in [6.45, 7) is 4.94. The Hall–Kier alpha value is -1.09. The molecule has 1 aliphatic rings. The molecule has 0 radical (unpaired) electrons. The minimum absolute atomic E-state index is 0.0662. The van der Waals surface area contributed by atoms with E-state index in [0.717, 1.165) is 38.5 Å². The lowest BCUT2D eigenvalue weighted by atomic mass is 9.64. The Morgan fingerprint density at radius 3 is 2.64 bits per heavy atom. The lowest BCUT2D eigenvalue weighted by Gasteiger charge is -2.39. The number of carboxylic acid groups (broad SMARTS) is 1. The van der Waals surface area contributed by atoms with Crippen LogP contribution in [0.3, 0.4) is 0 Å². The Bertz CT molecular complexity index is 397. The van der Waals surface area contributed by atoms with Crippen LogP contribution in [-0.4, -0.2) is 24.8 Å². The predicted octanol–water partition coefficient (Wildman–Crippen LogP) is 4.98. The van der Waals surface area contributed by atoms with Gasteiger partial charge in [-0.25, -0.2) is 0 Å². The van der Waals surface area contributed by atoms with Gasteiger partial charge in [0.25, 0.3) is 0 Å². The van der Waals surface area contributed by atoms with Gasteiger partial charge in [0.2, 0.25) is 0 Å². The molecule has 0 aromatic carbocycles. The van der Waals surface area contributed by atoms with Crippen molar-refractivity contribution in [2.75, 3.05) is 13.7 Å². The van der Waals surface area contributed by atoms with E-state index < -0.39 is 11.4 Å². The Labute approximate surface area is 135 Å². The molecule has 2 atom stereocenters. The van der Waals surface area contributed by atoms with Crippen molar-refractivity contribution in [2.45, 2.75) is 65.2 Å². The molecule has 0 saturated heterocycles. The number of allylic oxidation sites excluding steroid dienone is 3. The molecule has 0 spiro atoms. The zero-order chi connectivity index (χ0) is 16.4. The van der Waals surface area contributed by atoms with E-state index in [0.29, 0.717) is 6.61 Å². The van der Waals surface area contributed by atoms with Crippen LogP contribution in [0.1, 0.15) is 65.2 Å². The lowest BCUT2D eigenvalue weighted by Crippen LogP contribution is -2.40. The SMILES string of the molecule is CCCCCCC1(C(=O)O)C=CC=C(CCC)C1CCOC. The Morgan fingerprint density at radius 1 is 1.27 bits per heavy atom. The molecule has 0 aliphatic heterocycles. The highest BCUT2D eigenvalue weighted by Gasteiger charge is 2.45. The number of hydrogen-bond acceptors (Lipinski definition) is 2. The molecule has 0 saturated carbocycles. The maximum absolute atomic E-state index is 12.1. The molecular weight excluding hydrogens is 276 g/mol. The normalized spacial score (nSPS) is 24.3. The fourth-order valence-corrected chi connectivity index (χ4v) is 3.56. The summed E-state index contributed by atoms with van der Waals surface area (Å²) in [5.74, 6) is -0.611. The summed E-state index contributed by atoms with van der Waals surface area (Å²) < 4.78 is 5.24. The number of unbranched alkanes of at least 4 members (excludes halogenated alkanes) is 3. The van der Waals surface area contributed by atoms with Gasteiger partial charge in [-0.3, -0.25) is 4.79 Å². The highest BCUT2D eigenvalue weighted by molar-refractivity contribution is 5.79. The van der Waals surface area contributed by atoms with Gasteiger partial charge in [-0.2, -0.15) is 0 Å². The molecule has 3 heteroatoms. The van der Waals surface area contributed by atoms with Gasteiger partial charge in [0.1, 0.15) is 0 Å². The second-order valence-corrected chi connectivity index (χ2v) is 6.34. The van der Waals surface area contributed by atoms with Crippen LogP contribution in [0.2, 0.25) is 0 Å². The molecule has 0 bridgehead atoms. The van der Waals surface area contributed by atoms with E-state index in [4.69, 9.17) is 4.74 Å². The maximum Gasteiger partial charge on any atom is 0.314 e. The summed E-state index contributed by atoms with van der Waals surface area (Å²) in [7, 11) is 1.69. The lowest BCUT2D eigenvalue weighted by molar-refractivity contribution is -0.149. The monoisotopic (exact) mass is 308 g/mol. The van der Waals surface area contributed by atoms with Crippen molar-refractivity contribution >= 4 is 5.97 Å². The van der Waals surface area contributed by atoms with Crippen molar-refractivity contribution < 1.29 is 14.6 Å². The smallest absolute Gasteiger partial charge is 0.314 e. The van der Waals surface area contributed by atoms with E-state index >= 15 is 0 Å². The van der Waals surface area contributed by atoms with Crippen LogP contribution in [0.5, 0.6) is 0 Å². The van der Waals surface area contributed by atoms with Gasteiger partial charge in [-0.15, -0.1) is 0 Å². The van der Waals surface area contributed by atoms with Crippen molar-refractivity contribution in [3.05, 3.63) is 23.8 Å². The molecular formula is C19H32O3. The highest BCUT2D eigenvalue weighted by Crippen LogP contribution is 2.45. The molecule has 2 unspecified atom stereocenters. The zero-order valence-electron chi connectivity index (χ0n) is 14.4. The average molecular weight is 308 g/mol. The molecule has 0 aromatic rings. The van der Waals surface area contributed by atoms with Crippen LogP contribution in [0, 0.1) is 11.3 Å². The zero-order valence-corrected chi connectivity index (χ0v) is 14.4. The average Bonchev–Trinajstić information content (AvgIpc) is 2.50. The summed E-state index contributed by atoms with van der Waals surface area (Å²) in [6, 6.07) is 0. The van der Waals surface area contributed by atoms with Crippen LogP contribution in [0.4, 0.5) is 0 Å². The van der Waals surface area contributed by atoms with Gasteiger partial charge in [0, 0.05) is 19.6 Å². The number of methoxy groups -OCH3 is 1. The quantitative estimate of drug-likeness (QED) is 0.548. The summed E-state index contributed by atoms with van der Waals surface area (Å²) in [5, 5.41) is 9.98. The summed E-state index contributed by atoms with van der Waals surface area (Å²) >= 11 is 0. The third-order valence-corrected chi connectivity index (χ3v) is 4.76. The van der Waals surface area contributed by atoms with E-state index in [1.165, 1.54) is 18.4 Å². The number of ether oxygens (including phenoxy) is 1. The van der Waals surface area contributed by atoms with Gasteiger partial charge < -0.3 is 9.84 Å². The predicted molar refractivity (Wildman–Crippen MR) is 90.9 cm³/mol. The fraction of sp³-hybridized carbons (Fsp3) is 0.737. The molecule has 0 fully saturated rings. The van der Waals surface area contributed by atoms with Crippen molar-refractivity contribution in [1.29, 1.82) is 0 Å². The third kappa shape index (κ3) is 4.70. The van der Waals surface area contributed by atoms with Crippen LogP contribution in [0.15, 0.2) is 23.8 Å². The molecule has 0 heterocycles. The second-order valence-electron chi connectivity index (χ2n) is 6.34. The van der Waals surface area contributed by atoms with Crippen molar-refractivity contribution in [3.63, 3.8) is 0 Å². The molecule has 126 valence electrons. The Kier molecular flexibility index (Phi) is 8.47. The van der Waals surface area contributed by atoms with Gasteiger partial charge in [-0.1, -0.05) is 69.8 Å². The first-order valence-electron chi connectivity index (χ1n) is 8.73. The van der Waals surface area contributed by atoms with E-state index in [9.17, 15) is 9.90 Å². The van der Waals surface area contributed by atoms with Crippen molar-refractivity contribution in [1.82, 2.24) is 0 Å². The molecule has 1 N–H and O–H groups in total. The van der Waals surface area contributed by atoms with Crippen LogP contribution < -0.4 is 0 Å². The summed E-state index contributed by atoms with van der Waals surface area (Å²) in [4.78, 5) is 12.1. The van der Waals surface area contributed by atoms with Gasteiger partial charge in [0.15, 0.2) is 0 Å². The van der Waals surface area contributed by atoms with E-state index in [-0.39, 0.29) is 5.92 Å². The number of carbonyl (C=O) groups is 1. The minimum Gasteiger partial charge on any atom is -0.481 e. The topological polar surface area (TPSA) is 46.5 Å². The van der Waals surface area contributed by atoms with Crippen molar-refractivity contribution in [3.8, 4) is 0 Å². The maximum atomic E-state index is 12.1. The molecule has 1 rings (SSSR count). The number of rotatable bonds is 11. The Morgan fingerprint density at radius 2 is 2.05 bits per heavy atom. The number of carboxylic acids is 1. The molecule has 0 amide bonds. The summed E-state index contributed by atoms with van der Waals surface area (Å²) in [6.07, 6.45) is 14.0. The Balaban J connectivity index is 2.95. The van der Waals surface area contributed by atoms with Crippen molar-refractivity contribution in [2.24, 2.45) is 11.3 Å². The van der Waals surface area contributed by atoms with Gasteiger partial charge >= 0.3 is 5.97 Å². The largest absolute Gasteiger partial charge is 0.481 e. The fourth-order valence-electron chi connectivity index (χ4n) is 3.56.